The molecule has 0 saturated heterocycles. The zero-order chi connectivity index (χ0) is 22.5. The molecule has 0 bridgehead atoms. The number of ether oxygens (including phenoxy) is 1. The molecule has 2 N–H and O–H groups in total. The van der Waals surface area contributed by atoms with Crippen LogP contribution in [-0.2, 0) is 6.61 Å². The fraction of sp³-hybridized carbons (Fsp3) is 0.0714. The Balaban J connectivity index is 1.58. The number of nitrogens with one attached hydrogen (secondary N) is 1. The van der Waals surface area contributed by atoms with E-state index in [1.54, 1.807) is 12.4 Å². The molecule has 0 amide bonds. The number of phenolic OH excluding ortho intramolecular Hbond substituents is 1. The Hall–Kier alpha value is -4.38. The highest BCUT2D eigenvalue weighted by Gasteiger charge is 2.23. The van der Waals surface area contributed by atoms with Crippen molar-refractivity contribution in [1.29, 1.82) is 0 Å². The molecule has 33 heavy (non-hydrogen) atoms. The van der Waals surface area contributed by atoms with E-state index < -0.39 is 6.04 Å². The van der Waals surface area contributed by atoms with E-state index in [1.807, 2.05) is 97.1 Å². The number of hydrogen-bond acceptors (Lipinski definition) is 5. The van der Waals surface area contributed by atoms with E-state index in [0.717, 1.165) is 22.3 Å². The van der Waals surface area contributed by atoms with Crippen LogP contribution in [-0.4, -0.2) is 15.1 Å². The van der Waals surface area contributed by atoms with Gasteiger partial charge in [0.2, 0.25) is 0 Å². The lowest BCUT2D eigenvalue weighted by Gasteiger charge is -2.24. The van der Waals surface area contributed by atoms with Crippen molar-refractivity contribution in [2.75, 3.05) is 5.32 Å². The van der Waals surface area contributed by atoms with E-state index in [2.05, 4.69) is 15.3 Å². The van der Waals surface area contributed by atoms with Crippen molar-refractivity contribution in [3.05, 3.63) is 126 Å². The van der Waals surface area contributed by atoms with Crippen molar-refractivity contribution in [2.24, 2.45) is 0 Å². The maximum absolute atomic E-state index is 11.2. The maximum Gasteiger partial charge on any atom is 0.147 e. The van der Waals surface area contributed by atoms with E-state index in [0.29, 0.717) is 23.5 Å². The van der Waals surface area contributed by atoms with Gasteiger partial charge in [-0.3, -0.25) is 4.98 Å². The van der Waals surface area contributed by atoms with Crippen molar-refractivity contribution in [1.82, 2.24) is 9.97 Å². The van der Waals surface area contributed by atoms with Crippen LogP contribution >= 0.6 is 0 Å². The molecule has 3 aromatic carbocycles. The first kappa shape index (κ1) is 20.5. The van der Waals surface area contributed by atoms with Crippen molar-refractivity contribution < 1.29 is 9.84 Å². The molecule has 5 aromatic rings. The monoisotopic (exact) mass is 433 g/mol. The molecule has 0 radical (unpaired) electrons. The molecular weight excluding hydrogens is 410 g/mol. The van der Waals surface area contributed by atoms with Crippen LogP contribution in [0.4, 0.5) is 5.82 Å². The second kappa shape index (κ2) is 9.40. The first-order chi connectivity index (χ1) is 16.3. The predicted octanol–water partition coefficient (Wildman–Crippen LogP) is 6.12. The average molecular weight is 434 g/mol. The number of phenols is 1. The number of rotatable bonds is 7. The topological polar surface area (TPSA) is 67.3 Å². The summed E-state index contributed by atoms with van der Waals surface area (Å²) in [4.78, 5) is 8.83. The molecule has 0 aliphatic carbocycles. The molecular formula is C28H23N3O2. The number of pyridine rings is 2. The van der Waals surface area contributed by atoms with Gasteiger partial charge in [0.25, 0.3) is 0 Å². The van der Waals surface area contributed by atoms with Crippen LogP contribution in [0.5, 0.6) is 11.5 Å². The van der Waals surface area contributed by atoms with E-state index in [4.69, 9.17) is 4.74 Å². The Morgan fingerprint density at radius 2 is 1.52 bits per heavy atom. The lowest BCUT2D eigenvalue weighted by molar-refractivity contribution is 0.302. The maximum atomic E-state index is 11.2. The number of benzene rings is 3. The van der Waals surface area contributed by atoms with Crippen molar-refractivity contribution >= 4 is 16.7 Å². The van der Waals surface area contributed by atoms with Gasteiger partial charge in [-0.15, -0.1) is 0 Å². The van der Waals surface area contributed by atoms with Gasteiger partial charge in [-0.25, -0.2) is 4.98 Å². The van der Waals surface area contributed by atoms with E-state index in [1.165, 1.54) is 0 Å². The molecule has 1 atom stereocenters. The lowest BCUT2D eigenvalue weighted by Crippen LogP contribution is -2.15. The molecule has 162 valence electrons. The highest BCUT2D eigenvalue weighted by Crippen LogP contribution is 2.39. The first-order valence-electron chi connectivity index (χ1n) is 10.8. The SMILES string of the molecule is Oc1c([C@H](Nc2ccccn2)c2ccccc2OCc2ccccc2)ccc2cccnc12. The third-order valence-electron chi connectivity index (χ3n) is 5.51. The summed E-state index contributed by atoms with van der Waals surface area (Å²) in [7, 11) is 0. The van der Waals surface area contributed by atoms with Crippen LogP contribution in [0, 0.1) is 0 Å². The highest BCUT2D eigenvalue weighted by atomic mass is 16.5. The summed E-state index contributed by atoms with van der Waals surface area (Å²) in [5.74, 6) is 1.57. The van der Waals surface area contributed by atoms with Gasteiger partial charge in [-0.2, -0.15) is 0 Å². The third kappa shape index (κ3) is 4.48. The van der Waals surface area contributed by atoms with Gasteiger partial charge in [0.1, 0.15) is 29.4 Å². The molecule has 2 heterocycles. The van der Waals surface area contributed by atoms with Crippen LogP contribution in [0.1, 0.15) is 22.7 Å². The van der Waals surface area contributed by atoms with Gasteiger partial charge < -0.3 is 15.2 Å². The zero-order valence-electron chi connectivity index (χ0n) is 17.9. The van der Waals surface area contributed by atoms with Crippen LogP contribution in [0.3, 0.4) is 0 Å². The summed E-state index contributed by atoms with van der Waals surface area (Å²) in [5.41, 5.74) is 3.23. The molecule has 0 spiro atoms. The Morgan fingerprint density at radius 1 is 0.727 bits per heavy atom. The number of aromatic hydroxyl groups is 1. The van der Waals surface area contributed by atoms with Crippen LogP contribution < -0.4 is 10.1 Å². The Kier molecular flexibility index (Phi) is 5.85. The fourth-order valence-corrected chi connectivity index (χ4v) is 3.88. The largest absolute Gasteiger partial charge is 0.505 e. The van der Waals surface area contributed by atoms with Gasteiger partial charge >= 0.3 is 0 Å². The molecule has 0 saturated carbocycles. The molecule has 2 aromatic heterocycles. The Labute approximate surface area is 192 Å². The summed E-state index contributed by atoms with van der Waals surface area (Å²) in [6.45, 7) is 0.444. The van der Waals surface area contributed by atoms with Gasteiger partial charge in [-0.1, -0.05) is 72.8 Å². The molecule has 5 rings (SSSR count). The zero-order valence-corrected chi connectivity index (χ0v) is 17.9. The number of anilines is 1. The van der Waals surface area contributed by atoms with Gasteiger partial charge in [-0.05, 0) is 29.8 Å². The van der Waals surface area contributed by atoms with Crippen molar-refractivity contribution in [3.63, 3.8) is 0 Å². The first-order valence-corrected chi connectivity index (χ1v) is 10.8. The van der Waals surface area contributed by atoms with Gasteiger partial charge in [0, 0.05) is 28.9 Å². The minimum absolute atomic E-state index is 0.138. The predicted molar refractivity (Wildman–Crippen MR) is 130 cm³/mol. The quantitative estimate of drug-likeness (QED) is 0.324. The summed E-state index contributed by atoms with van der Waals surface area (Å²) in [6.07, 6.45) is 3.42. The number of hydrogen-bond donors (Lipinski definition) is 2. The smallest absolute Gasteiger partial charge is 0.147 e. The van der Waals surface area contributed by atoms with E-state index in [-0.39, 0.29) is 5.75 Å². The normalized spacial score (nSPS) is 11.8. The highest BCUT2D eigenvalue weighted by molar-refractivity contribution is 5.86. The molecule has 5 heteroatoms. The third-order valence-corrected chi connectivity index (χ3v) is 5.51. The van der Waals surface area contributed by atoms with E-state index >= 15 is 0 Å². The van der Waals surface area contributed by atoms with Crippen molar-refractivity contribution in [3.8, 4) is 11.5 Å². The van der Waals surface area contributed by atoms with Crippen LogP contribution in [0.2, 0.25) is 0 Å². The Morgan fingerprint density at radius 3 is 2.36 bits per heavy atom. The van der Waals surface area contributed by atoms with Crippen molar-refractivity contribution in [2.45, 2.75) is 12.6 Å². The fourth-order valence-electron chi connectivity index (χ4n) is 3.88. The number of aromatic nitrogens is 2. The van der Waals surface area contributed by atoms with Gasteiger partial charge in [0.15, 0.2) is 0 Å². The number of nitrogens with zero attached hydrogens (tertiary/aromatic N) is 2. The molecule has 5 nitrogen and oxygen atoms in total. The van der Waals surface area contributed by atoms with E-state index in [9.17, 15) is 5.11 Å². The molecule has 0 aliphatic heterocycles. The molecule has 0 fully saturated rings. The van der Waals surface area contributed by atoms with Crippen LogP contribution in [0.15, 0.2) is 109 Å². The standard InChI is InChI=1S/C28H23N3O2/c32-28-23(16-15-21-11-8-18-30-26(21)28)27(31-25-14-6-7-17-29-25)22-12-4-5-13-24(22)33-19-20-9-2-1-3-10-20/h1-18,27,32H,19H2,(H,29,31)/t27-/m1/s1. The summed E-state index contributed by atoms with van der Waals surface area (Å²) < 4.78 is 6.23. The second-order valence-electron chi connectivity index (χ2n) is 7.68. The number of fused-ring (bicyclic) bond motifs is 1. The summed E-state index contributed by atoms with van der Waals surface area (Å²) in [5, 5.41) is 15.5. The molecule has 0 unspecified atom stereocenters. The van der Waals surface area contributed by atoms with Gasteiger partial charge in [0.05, 0.1) is 6.04 Å². The minimum atomic E-state index is -0.404. The Bertz CT molecular complexity index is 1360. The summed E-state index contributed by atoms with van der Waals surface area (Å²) >= 11 is 0. The average Bonchev–Trinajstić information content (AvgIpc) is 2.88. The summed E-state index contributed by atoms with van der Waals surface area (Å²) in [6, 6.07) is 30.9. The minimum Gasteiger partial charge on any atom is -0.505 e. The molecule has 0 aliphatic rings. The lowest BCUT2D eigenvalue weighted by atomic mass is 9.95. The number of para-hydroxylation sites is 1. The second-order valence-corrected chi connectivity index (χ2v) is 7.68. The van der Waals surface area contributed by atoms with Crippen LogP contribution in [0.25, 0.3) is 10.9 Å².